The molecule has 2 aliphatic heterocycles. The lowest BCUT2D eigenvalue weighted by atomic mass is 9.66. The van der Waals surface area contributed by atoms with Crippen LogP contribution in [0, 0.1) is 23.7 Å². The third kappa shape index (κ3) is 8.01. The Labute approximate surface area is 263 Å². The van der Waals surface area contributed by atoms with Gasteiger partial charge in [-0.05, 0) is 73.9 Å². The van der Waals surface area contributed by atoms with Gasteiger partial charge in [0, 0.05) is 31.4 Å². The molecule has 0 spiro atoms. The Hall–Kier alpha value is -1.22. The molecule has 44 heavy (non-hydrogen) atoms. The zero-order valence-corrected chi connectivity index (χ0v) is 28.5. The summed E-state index contributed by atoms with van der Waals surface area (Å²) in [7, 11) is 5.18. The molecule has 2 unspecified atom stereocenters. The molecule has 0 aromatic rings. The molecule has 5 N–H and O–H groups in total. The van der Waals surface area contributed by atoms with Crippen molar-refractivity contribution in [2.75, 3.05) is 21.2 Å². The van der Waals surface area contributed by atoms with E-state index in [1.54, 1.807) is 27.7 Å². The van der Waals surface area contributed by atoms with Crippen molar-refractivity contribution in [2.24, 2.45) is 23.7 Å². The van der Waals surface area contributed by atoms with Crippen molar-refractivity contribution in [2.45, 2.75) is 147 Å². The fourth-order valence-corrected chi connectivity index (χ4v) is 7.50. The molecule has 258 valence electrons. The number of aliphatic hydroxyl groups is 5. The molecule has 15 atom stereocenters. The summed E-state index contributed by atoms with van der Waals surface area (Å²) in [5.74, 6) is -4.57. The molecular weight excluding hydrogens is 574 g/mol. The lowest BCUT2D eigenvalue weighted by Crippen LogP contribution is -2.63. The smallest absolute Gasteiger partial charge is 0.311 e. The van der Waals surface area contributed by atoms with Crippen LogP contribution in [0.2, 0.25) is 0 Å². The molecule has 0 saturated carbocycles. The number of esters is 1. The highest BCUT2D eigenvalue weighted by Gasteiger charge is 2.56. The van der Waals surface area contributed by atoms with E-state index in [1.165, 1.54) is 27.9 Å². The summed E-state index contributed by atoms with van der Waals surface area (Å²) in [4.78, 5) is 27.1. The Morgan fingerprint density at radius 2 is 1.61 bits per heavy atom. The molecule has 0 aromatic heterocycles. The Balaban J connectivity index is 2.70. The minimum Gasteiger partial charge on any atom is -0.459 e. The molecule has 0 bridgehead atoms. The van der Waals surface area contributed by atoms with Gasteiger partial charge in [0.25, 0.3) is 0 Å². The summed E-state index contributed by atoms with van der Waals surface area (Å²) in [5, 5.41) is 58.0. The molecule has 0 radical (unpaired) electrons. The molecule has 2 rings (SSSR count). The third-order valence-corrected chi connectivity index (χ3v) is 10.4. The molecule has 0 amide bonds. The molecule has 12 heteroatoms. The van der Waals surface area contributed by atoms with E-state index in [0.29, 0.717) is 12.7 Å². The molecule has 2 aliphatic rings. The van der Waals surface area contributed by atoms with Gasteiger partial charge in [-0.15, -0.1) is 0 Å². The molecule has 0 aromatic carbocycles. The largest absolute Gasteiger partial charge is 0.459 e. The van der Waals surface area contributed by atoms with E-state index in [1.807, 2.05) is 25.9 Å². The van der Waals surface area contributed by atoms with Crippen molar-refractivity contribution in [1.29, 1.82) is 0 Å². The highest BCUT2D eigenvalue weighted by atomic mass is 16.7. The first kappa shape index (κ1) is 39.0. The summed E-state index contributed by atoms with van der Waals surface area (Å²) in [6, 6.07) is -0.269. The third-order valence-electron chi connectivity index (χ3n) is 10.4. The minimum absolute atomic E-state index is 0.0873. The van der Waals surface area contributed by atoms with Crippen molar-refractivity contribution in [1.82, 2.24) is 4.90 Å². The van der Waals surface area contributed by atoms with Crippen LogP contribution in [0.1, 0.15) is 81.1 Å². The normalized spacial score (nSPS) is 48.4. The van der Waals surface area contributed by atoms with Gasteiger partial charge >= 0.3 is 5.97 Å². The highest BCUT2D eigenvalue weighted by Crippen LogP contribution is 2.43. The average Bonchev–Trinajstić information content (AvgIpc) is 2.95. The van der Waals surface area contributed by atoms with Crippen LogP contribution in [0.25, 0.3) is 0 Å². The van der Waals surface area contributed by atoms with Gasteiger partial charge in [-0.1, -0.05) is 20.8 Å². The van der Waals surface area contributed by atoms with E-state index < -0.39 is 83.3 Å². The predicted octanol–water partition coefficient (Wildman–Crippen LogP) is 1.27. The average molecular weight is 634 g/mol. The van der Waals surface area contributed by atoms with E-state index >= 15 is 0 Å². The van der Waals surface area contributed by atoms with Crippen LogP contribution < -0.4 is 0 Å². The van der Waals surface area contributed by atoms with E-state index in [0.717, 1.165) is 0 Å². The van der Waals surface area contributed by atoms with Gasteiger partial charge in [0.05, 0.1) is 41.5 Å². The monoisotopic (exact) mass is 633 g/mol. The number of nitrogens with zero attached hydrogens (tertiary/aromatic N) is 1. The number of ether oxygens (including phenoxy) is 4. The van der Waals surface area contributed by atoms with Crippen LogP contribution in [-0.4, -0.2) is 130 Å². The molecule has 2 fully saturated rings. The fourth-order valence-electron chi connectivity index (χ4n) is 7.50. The second-order valence-electron chi connectivity index (χ2n) is 14.2. The highest BCUT2D eigenvalue weighted by molar-refractivity contribution is 5.73. The number of likely N-dealkylation sites (N-methyl/N-ethyl adjacent to an activating group) is 1. The minimum atomic E-state index is -2.01. The van der Waals surface area contributed by atoms with Gasteiger partial charge in [-0.2, -0.15) is 0 Å². The van der Waals surface area contributed by atoms with E-state index in [2.05, 4.69) is 0 Å². The first-order valence-corrected chi connectivity index (χ1v) is 15.9. The number of aldehydes is 1. The second kappa shape index (κ2) is 15.1. The first-order chi connectivity index (χ1) is 20.2. The maximum Gasteiger partial charge on any atom is 0.311 e. The Morgan fingerprint density at radius 1 is 1.02 bits per heavy atom. The van der Waals surface area contributed by atoms with Crippen LogP contribution in [0.4, 0.5) is 0 Å². The van der Waals surface area contributed by atoms with Gasteiger partial charge < -0.3 is 54.2 Å². The van der Waals surface area contributed by atoms with Crippen molar-refractivity contribution in [3.05, 3.63) is 0 Å². The van der Waals surface area contributed by atoms with Gasteiger partial charge in [0.1, 0.15) is 24.1 Å². The lowest BCUT2D eigenvalue weighted by Gasteiger charge is -2.50. The summed E-state index contributed by atoms with van der Waals surface area (Å²) >= 11 is 0. The van der Waals surface area contributed by atoms with Gasteiger partial charge in [0.15, 0.2) is 6.29 Å². The van der Waals surface area contributed by atoms with Crippen molar-refractivity contribution >= 4 is 12.3 Å². The van der Waals surface area contributed by atoms with Crippen LogP contribution in [-0.2, 0) is 28.5 Å². The molecule has 12 nitrogen and oxygen atoms in total. The zero-order chi connectivity index (χ0) is 33.9. The SMILES string of the molecule is CC[C@H]1OC(=O)[C@H](C)[C@@H](O)[C@@H](C)[C@@H](O[C@@H]2O[C@H](C)C[C@H](N(C)C)[C@H]2O)[C@](C)(OC)C[C@@H](C)C(O)C(C)(O)[C@H](CC=O)[C@]1(C)O. The summed E-state index contributed by atoms with van der Waals surface area (Å²) in [6.45, 7) is 13.0. The standard InChI is InChI=1S/C32H59NO11/c1-12-23-31(7,39)22(13-14-34)32(8,40)26(37)17(2)16-30(6,41-11)27(19(4)24(35)20(5)28(38)43-23)44-29-25(36)21(33(9)10)15-18(3)42-29/h14,17-27,29,35-37,39-40H,12-13,15-16H2,1-11H3/t17-,18-,19-,20-,21+,22-,23-,24+,25-,26?,27-,29+,30-,31+,32?/m1/s1. The number of rotatable bonds is 7. The number of cyclic esters (lactones) is 1. The summed E-state index contributed by atoms with van der Waals surface area (Å²) < 4.78 is 24.4. The number of carbonyl (C=O) groups excluding carboxylic acids is 2. The second-order valence-corrected chi connectivity index (χ2v) is 14.2. The lowest BCUT2D eigenvalue weighted by molar-refractivity contribution is -0.303. The first-order valence-electron chi connectivity index (χ1n) is 15.9. The van der Waals surface area contributed by atoms with Crippen LogP contribution in [0.5, 0.6) is 0 Å². The fraction of sp³-hybridized carbons (Fsp3) is 0.938. The molecule has 2 saturated heterocycles. The molecular formula is C32H59NO11. The number of methoxy groups -OCH3 is 1. The van der Waals surface area contributed by atoms with Crippen molar-refractivity contribution < 1.29 is 54.1 Å². The summed E-state index contributed by atoms with van der Waals surface area (Å²) in [5.41, 5.74) is -5.18. The van der Waals surface area contributed by atoms with E-state index in [-0.39, 0.29) is 31.4 Å². The van der Waals surface area contributed by atoms with Crippen LogP contribution in [0.15, 0.2) is 0 Å². The molecule has 2 heterocycles. The van der Waals surface area contributed by atoms with Crippen molar-refractivity contribution in [3.63, 3.8) is 0 Å². The number of carbonyl (C=O) groups is 2. The maximum atomic E-state index is 13.5. The van der Waals surface area contributed by atoms with Crippen molar-refractivity contribution in [3.8, 4) is 0 Å². The Morgan fingerprint density at radius 3 is 2.11 bits per heavy atom. The maximum absolute atomic E-state index is 13.5. The van der Waals surface area contributed by atoms with Gasteiger partial charge in [-0.25, -0.2) is 0 Å². The predicted molar refractivity (Wildman–Crippen MR) is 162 cm³/mol. The van der Waals surface area contributed by atoms with Gasteiger partial charge in [0.2, 0.25) is 0 Å². The van der Waals surface area contributed by atoms with Crippen LogP contribution in [0.3, 0.4) is 0 Å². The summed E-state index contributed by atoms with van der Waals surface area (Å²) in [6.07, 6.45) is -6.27. The number of aliphatic hydroxyl groups excluding tert-OH is 3. The van der Waals surface area contributed by atoms with Gasteiger partial charge in [-0.3, -0.25) is 4.79 Å². The zero-order valence-electron chi connectivity index (χ0n) is 28.5. The topological polar surface area (TPSA) is 175 Å². The van der Waals surface area contributed by atoms with Crippen LogP contribution >= 0.6 is 0 Å². The van der Waals surface area contributed by atoms with E-state index in [9.17, 15) is 35.1 Å². The Kier molecular flexibility index (Phi) is 13.4. The van der Waals surface area contributed by atoms with E-state index in [4.69, 9.17) is 18.9 Å². The number of hydrogen-bond donors (Lipinski definition) is 5. The number of hydrogen-bond acceptors (Lipinski definition) is 12. The molecule has 0 aliphatic carbocycles. The quantitative estimate of drug-likeness (QED) is 0.201. The Bertz CT molecular complexity index is 945.